The van der Waals surface area contributed by atoms with Crippen molar-refractivity contribution in [3.05, 3.63) is 33.2 Å². The zero-order chi connectivity index (χ0) is 28.2. The van der Waals surface area contributed by atoms with Crippen LogP contribution in [0.3, 0.4) is 0 Å². The van der Waals surface area contributed by atoms with E-state index in [1.54, 1.807) is 24.8 Å². The van der Waals surface area contributed by atoms with Crippen LogP contribution in [0.1, 0.15) is 106 Å². The van der Waals surface area contributed by atoms with Gasteiger partial charge in [0.25, 0.3) is 11.5 Å². The minimum atomic E-state index is -3.31. The maximum atomic E-state index is 13.8. The van der Waals surface area contributed by atoms with Crippen molar-refractivity contribution < 1.29 is 18.0 Å². The fraction of sp³-hybridized carbons (Fsp3) is 0.759. The van der Waals surface area contributed by atoms with Gasteiger partial charge in [0.2, 0.25) is 15.9 Å². The number of carbonyl (C=O) groups is 2. The Morgan fingerprint density at radius 2 is 1.56 bits per heavy atom. The number of pyridine rings is 1. The van der Waals surface area contributed by atoms with Crippen molar-refractivity contribution in [3.8, 4) is 0 Å². The fourth-order valence-corrected chi connectivity index (χ4v) is 7.36. The van der Waals surface area contributed by atoms with Gasteiger partial charge in [-0.15, -0.1) is 0 Å². The summed E-state index contributed by atoms with van der Waals surface area (Å²) in [6, 6.07) is 1.59. The molecule has 3 aliphatic rings. The number of aromatic nitrogens is 1. The number of aryl methyl sites for hydroxylation is 1. The molecule has 1 saturated heterocycles. The third-order valence-electron chi connectivity index (χ3n) is 8.63. The van der Waals surface area contributed by atoms with Crippen LogP contribution in [0.2, 0.25) is 0 Å². The molecule has 4 rings (SSSR count). The number of hydrogen-bond donors (Lipinski definition) is 2. The van der Waals surface area contributed by atoms with E-state index in [0.29, 0.717) is 38.4 Å². The molecule has 218 valence electrons. The Bertz CT molecular complexity index is 1210. The van der Waals surface area contributed by atoms with Gasteiger partial charge in [-0.2, -0.15) is 0 Å². The Labute approximate surface area is 233 Å². The minimum absolute atomic E-state index is 0.127. The summed E-state index contributed by atoms with van der Waals surface area (Å²) in [5.74, 6) is -0.279. The summed E-state index contributed by atoms with van der Waals surface area (Å²) in [5.41, 5.74) is 0.872. The molecule has 1 saturated carbocycles. The van der Waals surface area contributed by atoms with E-state index in [2.05, 4.69) is 10.0 Å². The number of nitrogens with zero attached hydrogens (tertiary/aromatic N) is 2. The number of sulfonamides is 1. The predicted octanol–water partition coefficient (Wildman–Crippen LogP) is 3.14. The molecule has 9 nitrogen and oxygen atoms in total. The lowest BCUT2D eigenvalue weighted by molar-refractivity contribution is -0.137. The van der Waals surface area contributed by atoms with Crippen LogP contribution in [0.4, 0.5) is 0 Å². The molecule has 2 fully saturated rings. The number of piperidine rings is 1. The smallest absolute Gasteiger partial charge is 0.263 e. The molecular formula is C29H46N4O5S. The van der Waals surface area contributed by atoms with E-state index in [9.17, 15) is 22.8 Å². The molecule has 1 aliphatic heterocycles. The monoisotopic (exact) mass is 562 g/mol. The maximum absolute atomic E-state index is 13.8. The average Bonchev–Trinajstić information content (AvgIpc) is 2.86. The molecule has 0 atom stereocenters. The van der Waals surface area contributed by atoms with Gasteiger partial charge in [-0.3, -0.25) is 14.4 Å². The number of fused-ring (bicyclic) bond motifs is 1. The second-order valence-electron chi connectivity index (χ2n) is 12.4. The number of amides is 2. The van der Waals surface area contributed by atoms with Gasteiger partial charge in [-0.25, -0.2) is 13.1 Å². The number of rotatable bonds is 7. The molecule has 2 aliphatic carbocycles. The number of carbonyl (C=O) groups excluding carboxylic acids is 2. The molecule has 1 aromatic heterocycles. The third kappa shape index (κ3) is 7.72. The summed E-state index contributed by atoms with van der Waals surface area (Å²) >= 11 is 0. The molecule has 0 bridgehead atoms. The van der Waals surface area contributed by atoms with E-state index < -0.39 is 21.5 Å². The molecule has 2 amide bonds. The minimum Gasteiger partial charge on any atom is -0.341 e. The first-order valence-corrected chi connectivity index (χ1v) is 16.7. The Hall–Kier alpha value is -2.20. The third-order valence-corrected chi connectivity index (χ3v) is 9.40. The zero-order valence-corrected chi connectivity index (χ0v) is 24.7. The fourth-order valence-electron chi connectivity index (χ4n) is 6.52. The summed E-state index contributed by atoms with van der Waals surface area (Å²) in [6.45, 7) is 4.81. The van der Waals surface area contributed by atoms with Crippen LogP contribution in [-0.2, 0) is 34.2 Å². The van der Waals surface area contributed by atoms with E-state index in [1.165, 1.54) is 19.3 Å². The summed E-state index contributed by atoms with van der Waals surface area (Å²) < 4.78 is 27.6. The van der Waals surface area contributed by atoms with Gasteiger partial charge in [-0.1, -0.05) is 32.1 Å². The van der Waals surface area contributed by atoms with Crippen molar-refractivity contribution in [1.29, 1.82) is 0 Å². The first kappa shape index (κ1) is 29.8. The highest BCUT2D eigenvalue weighted by molar-refractivity contribution is 7.88. The lowest BCUT2D eigenvalue weighted by Gasteiger charge is -2.37. The van der Waals surface area contributed by atoms with E-state index in [1.807, 2.05) is 4.57 Å². The van der Waals surface area contributed by atoms with E-state index in [0.717, 1.165) is 68.9 Å². The standard InChI is InChI=1S/C29H46N4O5S/c1-29(2,28(36)32-17-15-23(16-18-32)31-39(3,37)38)30-26(34)24-19-22-13-9-4-5-10-14-25(22)33(27(24)35)20-21-11-7-6-8-12-21/h19,21,23,31H,4-18,20H2,1-3H3,(H,30,34). The molecule has 0 spiro atoms. The van der Waals surface area contributed by atoms with Gasteiger partial charge >= 0.3 is 0 Å². The van der Waals surface area contributed by atoms with Gasteiger partial charge in [0.1, 0.15) is 11.1 Å². The van der Waals surface area contributed by atoms with Crippen LogP contribution in [0.5, 0.6) is 0 Å². The second-order valence-corrected chi connectivity index (χ2v) is 14.2. The van der Waals surface area contributed by atoms with Crippen molar-refractivity contribution in [1.82, 2.24) is 19.5 Å². The highest BCUT2D eigenvalue weighted by Crippen LogP contribution is 2.27. The Kier molecular flexibility index (Phi) is 9.57. The summed E-state index contributed by atoms with van der Waals surface area (Å²) in [5, 5.41) is 2.87. The van der Waals surface area contributed by atoms with Crippen molar-refractivity contribution >= 4 is 21.8 Å². The van der Waals surface area contributed by atoms with Crippen LogP contribution in [0.15, 0.2) is 10.9 Å². The quantitative estimate of drug-likeness (QED) is 0.530. The molecule has 10 heteroatoms. The molecule has 0 unspecified atom stereocenters. The zero-order valence-electron chi connectivity index (χ0n) is 23.9. The molecule has 39 heavy (non-hydrogen) atoms. The highest BCUT2D eigenvalue weighted by Gasteiger charge is 2.36. The highest BCUT2D eigenvalue weighted by atomic mass is 32.2. The van der Waals surface area contributed by atoms with E-state index in [-0.39, 0.29) is 23.1 Å². The maximum Gasteiger partial charge on any atom is 0.263 e. The van der Waals surface area contributed by atoms with Gasteiger partial charge in [0.15, 0.2) is 0 Å². The van der Waals surface area contributed by atoms with Crippen LogP contribution in [0, 0.1) is 5.92 Å². The van der Waals surface area contributed by atoms with Crippen molar-refractivity contribution in [2.75, 3.05) is 19.3 Å². The first-order chi connectivity index (χ1) is 18.4. The normalized spacial score (nSPS) is 20.1. The molecule has 0 radical (unpaired) electrons. The molecule has 1 aromatic rings. The molecular weight excluding hydrogens is 516 g/mol. The van der Waals surface area contributed by atoms with Crippen LogP contribution in [-0.4, -0.2) is 60.6 Å². The lowest BCUT2D eigenvalue weighted by atomic mass is 9.88. The Morgan fingerprint density at radius 3 is 2.21 bits per heavy atom. The summed E-state index contributed by atoms with van der Waals surface area (Å²) in [4.78, 5) is 42.5. The van der Waals surface area contributed by atoms with Crippen molar-refractivity contribution in [2.24, 2.45) is 5.92 Å². The topological polar surface area (TPSA) is 118 Å². The molecule has 0 aromatic carbocycles. The van der Waals surface area contributed by atoms with Crippen LogP contribution in [0.25, 0.3) is 0 Å². The lowest BCUT2D eigenvalue weighted by Crippen LogP contribution is -2.58. The first-order valence-electron chi connectivity index (χ1n) is 14.8. The van der Waals surface area contributed by atoms with Gasteiger partial charge in [0.05, 0.1) is 6.26 Å². The number of hydrogen-bond acceptors (Lipinski definition) is 5. The molecule has 2 N–H and O–H groups in total. The summed E-state index contributed by atoms with van der Waals surface area (Å²) in [6.07, 6.45) is 14.2. The number of nitrogens with one attached hydrogen (secondary N) is 2. The van der Waals surface area contributed by atoms with E-state index in [4.69, 9.17) is 0 Å². The molecule has 2 heterocycles. The van der Waals surface area contributed by atoms with Crippen molar-refractivity contribution in [2.45, 2.75) is 115 Å². The van der Waals surface area contributed by atoms with Gasteiger partial charge < -0.3 is 14.8 Å². The Balaban J connectivity index is 1.53. The summed E-state index contributed by atoms with van der Waals surface area (Å²) in [7, 11) is -3.31. The number of likely N-dealkylation sites (tertiary alicyclic amines) is 1. The largest absolute Gasteiger partial charge is 0.341 e. The van der Waals surface area contributed by atoms with Gasteiger partial charge in [-0.05, 0) is 82.8 Å². The SMILES string of the molecule is CC(C)(NC(=O)c1cc2c(n(CC3CCCCC3)c1=O)CCCCCC2)C(=O)N1CCC(NS(C)(=O)=O)CC1. The van der Waals surface area contributed by atoms with E-state index >= 15 is 0 Å². The van der Waals surface area contributed by atoms with Gasteiger partial charge in [0, 0.05) is 31.4 Å². The second kappa shape index (κ2) is 12.5. The van der Waals surface area contributed by atoms with Crippen LogP contribution >= 0.6 is 0 Å². The van der Waals surface area contributed by atoms with Crippen LogP contribution < -0.4 is 15.6 Å². The predicted molar refractivity (Wildman–Crippen MR) is 152 cm³/mol. The van der Waals surface area contributed by atoms with Crippen molar-refractivity contribution in [3.63, 3.8) is 0 Å². The Morgan fingerprint density at radius 1 is 0.949 bits per heavy atom. The average molecular weight is 563 g/mol.